The van der Waals surface area contributed by atoms with E-state index in [4.69, 9.17) is 0 Å². The fraction of sp³-hybridized carbons (Fsp3) is 0.357. The molecule has 0 unspecified atom stereocenters. The molecule has 1 aliphatic heterocycles. The van der Waals surface area contributed by atoms with Crippen LogP contribution in [0, 0.1) is 0 Å². The smallest absolute Gasteiger partial charge is 0.189 e. The van der Waals surface area contributed by atoms with E-state index >= 15 is 0 Å². The zero-order valence-electron chi connectivity index (χ0n) is 11.7. The SMILES string of the molecule is CSc1ncc(Br)c(N2CCN(c3ccccn3)CC2)n1. The molecule has 7 heteroatoms. The van der Waals surface area contributed by atoms with E-state index in [2.05, 4.69) is 46.7 Å². The largest absolute Gasteiger partial charge is 0.353 e. The lowest BCUT2D eigenvalue weighted by atomic mass is 10.3. The van der Waals surface area contributed by atoms with Crippen LogP contribution < -0.4 is 9.80 Å². The molecule has 1 aliphatic rings. The summed E-state index contributed by atoms with van der Waals surface area (Å²) >= 11 is 5.12. The van der Waals surface area contributed by atoms with Crippen LogP contribution in [0.15, 0.2) is 40.2 Å². The van der Waals surface area contributed by atoms with Crippen LogP contribution in [0.3, 0.4) is 0 Å². The number of pyridine rings is 1. The van der Waals surface area contributed by atoms with E-state index < -0.39 is 0 Å². The summed E-state index contributed by atoms with van der Waals surface area (Å²) in [4.78, 5) is 17.9. The zero-order valence-corrected chi connectivity index (χ0v) is 14.1. The van der Waals surface area contributed by atoms with Crippen molar-refractivity contribution in [3.8, 4) is 0 Å². The summed E-state index contributed by atoms with van der Waals surface area (Å²) in [6.07, 6.45) is 5.67. The van der Waals surface area contributed by atoms with Crippen molar-refractivity contribution < 1.29 is 0 Å². The molecule has 0 radical (unpaired) electrons. The van der Waals surface area contributed by atoms with Crippen LogP contribution >= 0.6 is 27.7 Å². The second kappa shape index (κ2) is 6.62. The number of nitrogens with zero attached hydrogens (tertiary/aromatic N) is 5. The molecule has 0 bridgehead atoms. The minimum atomic E-state index is 0.806. The highest BCUT2D eigenvalue weighted by molar-refractivity contribution is 9.10. The standard InChI is InChI=1S/C14H16BrN5S/c1-21-14-17-10-11(15)13(18-14)20-8-6-19(7-9-20)12-4-2-3-5-16-12/h2-5,10H,6-9H2,1H3. The van der Waals surface area contributed by atoms with Crippen molar-refractivity contribution in [2.24, 2.45) is 0 Å². The number of hydrogen-bond donors (Lipinski definition) is 0. The topological polar surface area (TPSA) is 45.2 Å². The van der Waals surface area contributed by atoms with Crippen molar-refractivity contribution in [2.45, 2.75) is 5.16 Å². The highest BCUT2D eigenvalue weighted by Crippen LogP contribution is 2.26. The molecule has 1 saturated heterocycles. The molecule has 5 nitrogen and oxygen atoms in total. The van der Waals surface area contributed by atoms with Gasteiger partial charge in [-0.1, -0.05) is 17.8 Å². The normalized spacial score (nSPS) is 15.3. The predicted molar refractivity (Wildman–Crippen MR) is 90.2 cm³/mol. The van der Waals surface area contributed by atoms with E-state index in [-0.39, 0.29) is 0 Å². The molecule has 0 amide bonds. The lowest BCUT2D eigenvalue weighted by Gasteiger charge is -2.36. The van der Waals surface area contributed by atoms with Gasteiger partial charge in [0.2, 0.25) is 0 Å². The second-order valence-electron chi connectivity index (χ2n) is 4.69. The highest BCUT2D eigenvalue weighted by atomic mass is 79.9. The van der Waals surface area contributed by atoms with Crippen LogP contribution in [-0.2, 0) is 0 Å². The fourth-order valence-corrected chi connectivity index (χ4v) is 3.13. The first-order valence-electron chi connectivity index (χ1n) is 6.75. The second-order valence-corrected chi connectivity index (χ2v) is 6.32. The first kappa shape index (κ1) is 14.6. The maximum Gasteiger partial charge on any atom is 0.189 e. The minimum Gasteiger partial charge on any atom is -0.353 e. The Balaban J connectivity index is 1.71. The molecule has 2 aromatic heterocycles. The van der Waals surface area contributed by atoms with Crippen LogP contribution in [0.5, 0.6) is 0 Å². The van der Waals surface area contributed by atoms with Gasteiger partial charge in [-0.05, 0) is 34.3 Å². The molecule has 0 N–H and O–H groups in total. The summed E-state index contributed by atoms with van der Waals surface area (Å²) in [7, 11) is 0. The molecule has 21 heavy (non-hydrogen) atoms. The summed E-state index contributed by atoms with van der Waals surface area (Å²) < 4.78 is 0.951. The molecule has 110 valence electrons. The quantitative estimate of drug-likeness (QED) is 0.615. The summed E-state index contributed by atoms with van der Waals surface area (Å²) in [6, 6.07) is 6.03. The Morgan fingerprint density at radius 2 is 1.86 bits per heavy atom. The van der Waals surface area contributed by atoms with Gasteiger partial charge in [-0.3, -0.25) is 0 Å². The first-order chi connectivity index (χ1) is 10.3. The van der Waals surface area contributed by atoms with Gasteiger partial charge in [-0.15, -0.1) is 0 Å². The van der Waals surface area contributed by atoms with Gasteiger partial charge < -0.3 is 9.80 Å². The molecule has 3 rings (SSSR count). The van der Waals surface area contributed by atoms with Gasteiger partial charge in [0.15, 0.2) is 5.16 Å². The fourth-order valence-electron chi connectivity index (χ4n) is 2.35. The van der Waals surface area contributed by atoms with Crippen molar-refractivity contribution in [1.29, 1.82) is 0 Å². The molecule has 0 atom stereocenters. The zero-order chi connectivity index (χ0) is 14.7. The van der Waals surface area contributed by atoms with Gasteiger partial charge >= 0.3 is 0 Å². The van der Waals surface area contributed by atoms with E-state index in [9.17, 15) is 0 Å². The lowest BCUT2D eigenvalue weighted by Crippen LogP contribution is -2.47. The summed E-state index contributed by atoms with van der Waals surface area (Å²) in [5, 5.41) is 0.806. The first-order valence-corrected chi connectivity index (χ1v) is 8.77. The van der Waals surface area contributed by atoms with Crippen LogP contribution in [0.2, 0.25) is 0 Å². The van der Waals surface area contributed by atoms with Crippen molar-refractivity contribution in [2.75, 3.05) is 42.2 Å². The van der Waals surface area contributed by atoms with Crippen LogP contribution in [0.4, 0.5) is 11.6 Å². The van der Waals surface area contributed by atoms with E-state index in [0.717, 1.165) is 47.4 Å². The third kappa shape index (κ3) is 3.29. The molecule has 1 fully saturated rings. The van der Waals surface area contributed by atoms with Crippen molar-refractivity contribution >= 4 is 39.3 Å². The molecule has 0 aliphatic carbocycles. The van der Waals surface area contributed by atoms with Gasteiger partial charge in [-0.2, -0.15) is 0 Å². The number of thioether (sulfide) groups is 1. The number of aromatic nitrogens is 3. The summed E-state index contributed by atoms with van der Waals surface area (Å²) in [5.41, 5.74) is 0. The molecular formula is C14H16BrN5S. The van der Waals surface area contributed by atoms with E-state index in [1.165, 1.54) is 0 Å². The number of rotatable bonds is 3. The molecule has 2 aromatic rings. The van der Waals surface area contributed by atoms with Gasteiger partial charge in [-0.25, -0.2) is 15.0 Å². The van der Waals surface area contributed by atoms with Gasteiger partial charge in [0, 0.05) is 38.6 Å². The molecule has 0 aromatic carbocycles. The summed E-state index contributed by atoms with van der Waals surface area (Å²) in [6.45, 7) is 3.75. The average molecular weight is 366 g/mol. The number of hydrogen-bond acceptors (Lipinski definition) is 6. The Bertz CT molecular complexity index is 602. The lowest BCUT2D eigenvalue weighted by molar-refractivity contribution is 0.636. The average Bonchev–Trinajstić information content (AvgIpc) is 2.56. The molecule has 3 heterocycles. The predicted octanol–water partition coefficient (Wildman–Crippen LogP) is 2.68. The Kier molecular flexibility index (Phi) is 4.60. The third-order valence-electron chi connectivity index (χ3n) is 3.44. The minimum absolute atomic E-state index is 0.806. The highest BCUT2D eigenvalue weighted by Gasteiger charge is 2.21. The maximum atomic E-state index is 4.61. The van der Waals surface area contributed by atoms with Crippen molar-refractivity contribution in [1.82, 2.24) is 15.0 Å². The molecule has 0 saturated carbocycles. The Hall–Kier alpha value is -1.34. The Labute approximate surface area is 136 Å². The number of piperazine rings is 1. The number of halogens is 1. The number of anilines is 2. The summed E-state index contributed by atoms with van der Waals surface area (Å²) in [5.74, 6) is 2.03. The van der Waals surface area contributed by atoms with Crippen LogP contribution in [0.1, 0.15) is 0 Å². The molecule has 0 spiro atoms. The van der Waals surface area contributed by atoms with E-state index in [1.807, 2.05) is 30.8 Å². The van der Waals surface area contributed by atoms with Gasteiger partial charge in [0.25, 0.3) is 0 Å². The monoisotopic (exact) mass is 365 g/mol. The maximum absolute atomic E-state index is 4.61. The van der Waals surface area contributed by atoms with Crippen molar-refractivity contribution in [3.63, 3.8) is 0 Å². The third-order valence-corrected chi connectivity index (χ3v) is 4.56. The van der Waals surface area contributed by atoms with Gasteiger partial charge in [0.1, 0.15) is 11.6 Å². The Morgan fingerprint density at radius 1 is 1.10 bits per heavy atom. The van der Waals surface area contributed by atoms with E-state index in [0.29, 0.717) is 0 Å². The van der Waals surface area contributed by atoms with Crippen molar-refractivity contribution in [3.05, 3.63) is 35.1 Å². The Morgan fingerprint density at radius 3 is 2.52 bits per heavy atom. The van der Waals surface area contributed by atoms with E-state index in [1.54, 1.807) is 11.8 Å². The van der Waals surface area contributed by atoms with Crippen LogP contribution in [-0.4, -0.2) is 47.4 Å². The molecular weight excluding hydrogens is 350 g/mol. The van der Waals surface area contributed by atoms with Gasteiger partial charge in [0.05, 0.1) is 4.47 Å². The van der Waals surface area contributed by atoms with Crippen LogP contribution in [0.25, 0.3) is 0 Å².